The number of furan rings is 1. The standard InChI is InChI=1S/C53H38N4O/c1-33-27-28-50(57-44-24-12-7-19-38(44)39-20-8-13-25-45(39)57)54-53(34-15-3-2-4-16-34)55-52(33)37-31-47(51-41-22-10-14-26-48(41)58-49(51)32-37)56-43-23-11-9-21-40(43)42-29-35-17-5-6-18-36(35)30-46(42)56/h2-26,29-33,52H,27-28H2,1H3/b54-50+,55-53-/t33-,52?/m1/s1. The van der Waals surface area contributed by atoms with Gasteiger partial charge in [0, 0.05) is 38.9 Å². The summed E-state index contributed by atoms with van der Waals surface area (Å²) >= 11 is 0. The lowest BCUT2D eigenvalue weighted by Gasteiger charge is -2.26. The number of hydrogen-bond donors (Lipinski definition) is 0. The summed E-state index contributed by atoms with van der Waals surface area (Å²) in [6.45, 7) is 2.35. The van der Waals surface area contributed by atoms with E-state index in [2.05, 4.69) is 192 Å². The van der Waals surface area contributed by atoms with Crippen LogP contribution in [-0.2, 0) is 0 Å². The summed E-state index contributed by atoms with van der Waals surface area (Å²) < 4.78 is 11.6. The number of amidine groups is 1. The molecule has 8 aromatic carbocycles. The summed E-state index contributed by atoms with van der Waals surface area (Å²) in [6.07, 6.45) is 1.71. The van der Waals surface area contributed by atoms with Crippen molar-refractivity contribution in [2.75, 3.05) is 0 Å². The number of benzene rings is 8. The van der Waals surface area contributed by atoms with Crippen LogP contribution in [0.1, 0.15) is 36.9 Å². The van der Waals surface area contributed by atoms with E-state index in [0.717, 1.165) is 68.8 Å². The predicted octanol–water partition coefficient (Wildman–Crippen LogP) is 13.8. The Morgan fingerprint density at radius 2 is 1.10 bits per heavy atom. The zero-order valence-electron chi connectivity index (χ0n) is 32.0. The van der Waals surface area contributed by atoms with E-state index >= 15 is 0 Å². The van der Waals surface area contributed by atoms with Gasteiger partial charge in [-0.2, -0.15) is 0 Å². The Hall–Kier alpha value is -7.24. The molecule has 2 atom stereocenters. The van der Waals surface area contributed by atoms with Crippen LogP contribution < -0.4 is 0 Å². The lowest BCUT2D eigenvalue weighted by Crippen LogP contribution is -2.21. The summed E-state index contributed by atoms with van der Waals surface area (Å²) in [5.41, 5.74) is 9.61. The zero-order chi connectivity index (χ0) is 38.3. The van der Waals surface area contributed by atoms with E-state index in [1.807, 2.05) is 0 Å². The van der Waals surface area contributed by atoms with Crippen molar-refractivity contribution < 1.29 is 4.42 Å². The first-order valence-corrected chi connectivity index (χ1v) is 20.2. The van der Waals surface area contributed by atoms with E-state index in [1.165, 1.54) is 48.9 Å². The largest absolute Gasteiger partial charge is 0.456 e. The summed E-state index contributed by atoms with van der Waals surface area (Å²) in [7, 11) is 0. The minimum absolute atomic E-state index is 0.177. The molecule has 0 amide bonds. The third kappa shape index (κ3) is 5.03. The number of rotatable bonds is 3. The van der Waals surface area contributed by atoms with Crippen molar-refractivity contribution >= 4 is 88.0 Å². The minimum atomic E-state index is -0.177. The second-order valence-corrected chi connectivity index (χ2v) is 15.8. The molecule has 276 valence electrons. The smallest absolute Gasteiger partial charge is 0.157 e. The van der Waals surface area contributed by atoms with E-state index in [1.54, 1.807) is 0 Å². The fourth-order valence-electron chi connectivity index (χ4n) is 9.59. The van der Waals surface area contributed by atoms with E-state index in [9.17, 15) is 0 Å². The predicted molar refractivity (Wildman–Crippen MR) is 242 cm³/mol. The number of hydrogen-bond acceptors (Lipinski definition) is 3. The number of aromatic nitrogens is 2. The molecule has 5 nitrogen and oxygen atoms in total. The molecule has 0 bridgehead atoms. The quantitative estimate of drug-likeness (QED) is 0.178. The van der Waals surface area contributed by atoms with Gasteiger partial charge < -0.3 is 8.98 Å². The molecule has 1 unspecified atom stereocenters. The van der Waals surface area contributed by atoms with Crippen molar-refractivity contribution in [3.8, 4) is 5.69 Å². The van der Waals surface area contributed by atoms with Gasteiger partial charge in [0.2, 0.25) is 0 Å². The van der Waals surface area contributed by atoms with Crippen LogP contribution >= 0.6 is 0 Å². The number of para-hydroxylation sites is 4. The normalized spacial score (nSPS) is 18.2. The lowest BCUT2D eigenvalue weighted by molar-refractivity contribution is 0.445. The minimum Gasteiger partial charge on any atom is -0.456 e. The van der Waals surface area contributed by atoms with Crippen LogP contribution in [0.4, 0.5) is 0 Å². The molecule has 0 fully saturated rings. The molecule has 11 aromatic rings. The van der Waals surface area contributed by atoms with Gasteiger partial charge in [-0.1, -0.05) is 134 Å². The zero-order valence-corrected chi connectivity index (χ0v) is 32.0. The topological polar surface area (TPSA) is 47.7 Å². The third-order valence-electron chi connectivity index (χ3n) is 12.3. The van der Waals surface area contributed by atoms with Gasteiger partial charge in [-0.05, 0) is 77.2 Å². The second-order valence-electron chi connectivity index (χ2n) is 15.8. The first-order valence-electron chi connectivity index (χ1n) is 20.2. The Morgan fingerprint density at radius 3 is 1.83 bits per heavy atom. The molecule has 12 rings (SSSR count). The average molecular weight is 747 g/mol. The van der Waals surface area contributed by atoms with Gasteiger partial charge in [0.25, 0.3) is 0 Å². The molecule has 0 saturated carbocycles. The van der Waals surface area contributed by atoms with Gasteiger partial charge in [-0.3, -0.25) is 9.56 Å². The molecular formula is C53H38N4O. The second kappa shape index (κ2) is 12.9. The SMILES string of the molecule is C[C@@H]1CC/C(n2c3ccccc3c3ccccc32)=N\C(c2ccccc2)=N/C1c1cc(-n2c3ccccc3c3cc4ccccc4cc32)c2c(c1)oc1ccccc12. The molecule has 1 aliphatic heterocycles. The van der Waals surface area contributed by atoms with E-state index < -0.39 is 0 Å². The summed E-state index contributed by atoms with van der Waals surface area (Å²) in [4.78, 5) is 11.2. The molecule has 1 aliphatic rings. The summed E-state index contributed by atoms with van der Waals surface area (Å²) in [5.74, 6) is 1.94. The van der Waals surface area contributed by atoms with Crippen LogP contribution in [0.15, 0.2) is 190 Å². The van der Waals surface area contributed by atoms with Gasteiger partial charge in [0.1, 0.15) is 17.0 Å². The molecule has 3 aromatic heterocycles. The maximum atomic E-state index is 6.77. The van der Waals surface area contributed by atoms with Crippen molar-refractivity contribution in [1.82, 2.24) is 9.13 Å². The van der Waals surface area contributed by atoms with Gasteiger partial charge in [0.05, 0.1) is 39.2 Å². The van der Waals surface area contributed by atoms with E-state index in [-0.39, 0.29) is 12.0 Å². The summed E-state index contributed by atoms with van der Waals surface area (Å²) in [6, 6.07) is 62.8. The molecule has 58 heavy (non-hydrogen) atoms. The van der Waals surface area contributed by atoms with Crippen molar-refractivity contribution in [1.29, 1.82) is 0 Å². The summed E-state index contributed by atoms with van der Waals surface area (Å²) in [5, 5.41) is 9.58. The molecule has 4 heterocycles. The first kappa shape index (κ1) is 33.0. The number of fused-ring (bicyclic) bond motifs is 10. The van der Waals surface area contributed by atoms with Gasteiger partial charge in [0.15, 0.2) is 5.84 Å². The Bertz CT molecular complexity index is 3440. The van der Waals surface area contributed by atoms with Crippen LogP contribution in [0.2, 0.25) is 0 Å². The molecule has 0 N–H and O–H groups in total. The highest BCUT2D eigenvalue weighted by Gasteiger charge is 2.28. The van der Waals surface area contributed by atoms with E-state index in [4.69, 9.17) is 14.4 Å². The molecule has 0 spiro atoms. The molecule has 0 saturated heterocycles. The van der Waals surface area contributed by atoms with Crippen molar-refractivity contribution in [3.05, 3.63) is 187 Å². The monoisotopic (exact) mass is 746 g/mol. The third-order valence-corrected chi connectivity index (χ3v) is 12.3. The highest BCUT2D eigenvalue weighted by molar-refractivity contribution is 6.18. The molecule has 0 radical (unpaired) electrons. The van der Waals surface area contributed by atoms with Crippen LogP contribution in [0.25, 0.3) is 82.0 Å². The van der Waals surface area contributed by atoms with E-state index in [0.29, 0.717) is 0 Å². The maximum Gasteiger partial charge on any atom is 0.157 e. The molecular weight excluding hydrogens is 709 g/mol. The Kier molecular flexibility index (Phi) is 7.33. The average Bonchev–Trinajstić information content (AvgIpc) is 3.92. The molecule has 0 aliphatic carbocycles. The van der Waals surface area contributed by atoms with Crippen molar-refractivity contribution in [2.24, 2.45) is 15.9 Å². The Labute approximate surface area is 334 Å². The van der Waals surface area contributed by atoms with Crippen LogP contribution in [0.3, 0.4) is 0 Å². The van der Waals surface area contributed by atoms with Crippen molar-refractivity contribution in [3.63, 3.8) is 0 Å². The van der Waals surface area contributed by atoms with Gasteiger partial charge >= 0.3 is 0 Å². The fraction of sp³-hybridized carbons (Fsp3) is 0.0943. The van der Waals surface area contributed by atoms with Crippen molar-refractivity contribution in [2.45, 2.75) is 25.8 Å². The highest BCUT2D eigenvalue weighted by Crippen LogP contribution is 2.43. The fourth-order valence-corrected chi connectivity index (χ4v) is 9.59. The molecule has 5 heteroatoms. The first-order chi connectivity index (χ1) is 28.7. The van der Waals surface area contributed by atoms with Crippen LogP contribution in [0, 0.1) is 5.92 Å². The Balaban J connectivity index is 1.13. The lowest BCUT2D eigenvalue weighted by atomic mass is 9.89. The van der Waals surface area contributed by atoms with Crippen LogP contribution in [0.5, 0.6) is 0 Å². The van der Waals surface area contributed by atoms with Gasteiger partial charge in [-0.15, -0.1) is 0 Å². The maximum absolute atomic E-state index is 6.77. The number of nitrogens with zero attached hydrogens (tertiary/aromatic N) is 4. The number of aliphatic imine (C=N–C) groups is 2. The van der Waals surface area contributed by atoms with Crippen LogP contribution in [-0.4, -0.2) is 20.8 Å². The highest BCUT2D eigenvalue weighted by atomic mass is 16.3. The Morgan fingerprint density at radius 1 is 0.517 bits per heavy atom. The van der Waals surface area contributed by atoms with Gasteiger partial charge in [-0.25, -0.2) is 4.99 Å².